The number of ketones is 1. The summed E-state index contributed by atoms with van der Waals surface area (Å²) in [6.07, 6.45) is -7.45. The summed E-state index contributed by atoms with van der Waals surface area (Å²) >= 11 is 0. The quantitative estimate of drug-likeness (QED) is 0.221. The molecule has 0 aromatic carbocycles. The van der Waals surface area contributed by atoms with Crippen LogP contribution in [0.5, 0.6) is 0 Å². The van der Waals surface area contributed by atoms with E-state index in [1.165, 1.54) is 0 Å². The minimum Gasteiger partial charge on any atom is -0.394 e. The molecule has 0 unspecified atom stereocenters. The van der Waals surface area contributed by atoms with Crippen LogP contribution in [0.15, 0.2) is 0 Å². The van der Waals surface area contributed by atoms with E-state index >= 15 is 0 Å². The zero-order valence-electron chi connectivity index (χ0n) is 12.6. The molecule has 0 aromatic heterocycles. The molecule has 128 valence electrons. The fraction of sp³-hybridized carbons (Fsp3) is 0.917. The Morgan fingerprint density at radius 2 is 1.43 bits per heavy atom. The summed E-state index contributed by atoms with van der Waals surface area (Å²) in [5.74, 6) is -1.08. The zero-order chi connectivity index (χ0) is 17.2. The third-order valence-corrected chi connectivity index (χ3v) is 2.51. The molecular formula is C12H28NO8+. The lowest BCUT2D eigenvalue weighted by molar-refractivity contribution is -0.870. The molecule has 0 aromatic rings. The van der Waals surface area contributed by atoms with Crippen LogP contribution in [-0.4, -0.2) is 118 Å². The van der Waals surface area contributed by atoms with Crippen molar-refractivity contribution >= 4 is 5.78 Å². The SMILES string of the molecule is C[N+](C)(C)CCO.O=C(CO)[C@H](O)[C@@H](O)[C@H](O)[C@H](O)CO. The van der Waals surface area contributed by atoms with Gasteiger partial charge >= 0.3 is 0 Å². The molecule has 7 N–H and O–H groups in total. The largest absolute Gasteiger partial charge is 0.394 e. The van der Waals surface area contributed by atoms with Gasteiger partial charge in [0.25, 0.3) is 0 Å². The van der Waals surface area contributed by atoms with Gasteiger partial charge in [-0.3, -0.25) is 4.79 Å². The van der Waals surface area contributed by atoms with Crippen molar-refractivity contribution in [3.8, 4) is 0 Å². The summed E-state index contributed by atoms with van der Waals surface area (Å²) in [5.41, 5.74) is 0. The van der Waals surface area contributed by atoms with Crippen molar-refractivity contribution in [3.63, 3.8) is 0 Å². The Hall–Kier alpha value is -0.650. The minimum absolute atomic E-state index is 0.281. The van der Waals surface area contributed by atoms with Crippen molar-refractivity contribution in [3.05, 3.63) is 0 Å². The molecule has 0 saturated carbocycles. The minimum atomic E-state index is -1.99. The summed E-state index contributed by atoms with van der Waals surface area (Å²) in [7, 11) is 6.16. The monoisotopic (exact) mass is 314 g/mol. The summed E-state index contributed by atoms with van der Waals surface area (Å²) in [5, 5.41) is 61.1. The Morgan fingerprint density at radius 3 is 1.67 bits per heavy atom. The lowest BCUT2D eigenvalue weighted by Gasteiger charge is -2.24. The highest BCUT2D eigenvalue weighted by Crippen LogP contribution is 2.05. The molecule has 0 radical (unpaired) electrons. The second-order valence-corrected chi connectivity index (χ2v) is 5.54. The van der Waals surface area contributed by atoms with Crippen molar-refractivity contribution < 1.29 is 45.0 Å². The third kappa shape index (κ3) is 10.7. The maximum Gasteiger partial charge on any atom is 0.189 e. The Kier molecular flexibility index (Phi) is 11.8. The van der Waals surface area contributed by atoms with Gasteiger partial charge in [-0.2, -0.15) is 0 Å². The van der Waals surface area contributed by atoms with Crippen LogP contribution in [0.1, 0.15) is 0 Å². The number of carbonyl (C=O) groups excluding carboxylic acids is 1. The van der Waals surface area contributed by atoms with E-state index in [0.29, 0.717) is 0 Å². The molecule has 0 fully saturated rings. The number of carbonyl (C=O) groups is 1. The molecular weight excluding hydrogens is 286 g/mol. The van der Waals surface area contributed by atoms with Crippen molar-refractivity contribution in [2.45, 2.75) is 24.4 Å². The summed E-state index contributed by atoms with van der Waals surface area (Å²) in [6, 6.07) is 0. The first-order valence-electron chi connectivity index (χ1n) is 6.39. The van der Waals surface area contributed by atoms with Crippen LogP contribution in [0.3, 0.4) is 0 Å². The van der Waals surface area contributed by atoms with Gasteiger partial charge in [0, 0.05) is 0 Å². The molecule has 0 rings (SSSR count). The van der Waals surface area contributed by atoms with Crippen LogP contribution in [0, 0.1) is 0 Å². The number of likely N-dealkylation sites (N-methyl/N-ethyl adjacent to an activating group) is 1. The Labute approximate surface area is 123 Å². The molecule has 9 heteroatoms. The van der Waals surface area contributed by atoms with Crippen LogP contribution < -0.4 is 0 Å². The van der Waals surface area contributed by atoms with Crippen LogP contribution in [0.4, 0.5) is 0 Å². The van der Waals surface area contributed by atoms with E-state index in [4.69, 9.17) is 35.7 Å². The van der Waals surface area contributed by atoms with E-state index in [2.05, 4.69) is 21.1 Å². The molecule has 9 nitrogen and oxygen atoms in total. The van der Waals surface area contributed by atoms with Gasteiger partial charge in [0.05, 0.1) is 34.4 Å². The van der Waals surface area contributed by atoms with E-state index in [9.17, 15) is 4.79 Å². The molecule has 0 spiro atoms. The summed E-state index contributed by atoms with van der Waals surface area (Å²) < 4.78 is 0.844. The average Bonchev–Trinajstić information content (AvgIpc) is 2.42. The smallest absolute Gasteiger partial charge is 0.189 e. The number of aliphatic hydroxyl groups excluding tert-OH is 7. The highest BCUT2D eigenvalue weighted by Gasteiger charge is 2.33. The van der Waals surface area contributed by atoms with Crippen molar-refractivity contribution in [2.75, 3.05) is 47.5 Å². The number of quaternary nitrogens is 1. The van der Waals surface area contributed by atoms with Crippen LogP contribution in [0.25, 0.3) is 0 Å². The third-order valence-electron chi connectivity index (χ3n) is 2.51. The van der Waals surface area contributed by atoms with Gasteiger partial charge < -0.3 is 40.2 Å². The topological polar surface area (TPSA) is 159 Å². The van der Waals surface area contributed by atoms with Crippen molar-refractivity contribution in [1.82, 2.24) is 0 Å². The molecule has 0 heterocycles. The van der Waals surface area contributed by atoms with Gasteiger partial charge in [-0.15, -0.1) is 0 Å². The van der Waals surface area contributed by atoms with Crippen LogP contribution in [0.2, 0.25) is 0 Å². The molecule has 0 bridgehead atoms. The standard InChI is InChI=1S/C7H14O7.C5H14NO/c8-1-3(10)5(12)7(14)6(13)4(11)2-9;1-6(2,3)4-5-7/h3,5-10,12-14H,1-2H2;7H,4-5H2,1-3H3/q;+1/t3-,5-,6+,7+;/m1./s1. The van der Waals surface area contributed by atoms with Gasteiger partial charge in [-0.1, -0.05) is 0 Å². The highest BCUT2D eigenvalue weighted by molar-refractivity contribution is 5.84. The Morgan fingerprint density at radius 1 is 0.952 bits per heavy atom. The number of rotatable bonds is 8. The number of hydrogen-bond donors (Lipinski definition) is 7. The first-order valence-corrected chi connectivity index (χ1v) is 6.39. The number of hydrogen-bond acceptors (Lipinski definition) is 8. The number of nitrogens with zero attached hydrogens (tertiary/aromatic N) is 1. The molecule has 0 saturated heterocycles. The normalized spacial score (nSPS) is 17.2. The van der Waals surface area contributed by atoms with Crippen LogP contribution in [-0.2, 0) is 4.79 Å². The average molecular weight is 314 g/mol. The fourth-order valence-electron chi connectivity index (χ4n) is 1.11. The second kappa shape index (κ2) is 11.0. The first kappa shape index (κ1) is 22.6. The Bertz CT molecular complexity index is 281. The van der Waals surface area contributed by atoms with E-state index < -0.39 is 43.4 Å². The van der Waals surface area contributed by atoms with Gasteiger partial charge in [0.15, 0.2) is 5.78 Å². The summed E-state index contributed by atoms with van der Waals surface area (Å²) in [4.78, 5) is 10.7. The fourth-order valence-corrected chi connectivity index (χ4v) is 1.11. The van der Waals surface area contributed by atoms with Gasteiger partial charge in [-0.05, 0) is 0 Å². The highest BCUT2D eigenvalue weighted by atomic mass is 16.4. The maximum absolute atomic E-state index is 10.7. The molecule has 4 atom stereocenters. The number of aliphatic hydroxyl groups is 7. The van der Waals surface area contributed by atoms with E-state index in [-0.39, 0.29) is 6.61 Å². The summed E-state index contributed by atoms with van der Waals surface area (Å²) in [6.45, 7) is -0.693. The molecule has 0 aliphatic rings. The first-order chi connectivity index (χ1) is 9.51. The van der Waals surface area contributed by atoms with Gasteiger partial charge in [0.1, 0.15) is 37.6 Å². The lowest BCUT2D eigenvalue weighted by atomic mass is 10.0. The van der Waals surface area contributed by atoms with Crippen molar-refractivity contribution in [1.29, 1.82) is 0 Å². The Balaban J connectivity index is 0. The lowest BCUT2D eigenvalue weighted by Crippen LogP contribution is -2.49. The van der Waals surface area contributed by atoms with E-state index in [1.807, 2.05) is 0 Å². The second-order valence-electron chi connectivity index (χ2n) is 5.54. The van der Waals surface area contributed by atoms with Gasteiger partial charge in [-0.25, -0.2) is 0 Å². The molecule has 21 heavy (non-hydrogen) atoms. The maximum atomic E-state index is 10.7. The zero-order valence-corrected chi connectivity index (χ0v) is 12.6. The van der Waals surface area contributed by atoms with E-state index in [1.54, 1.807) is 0 Å². The predicted octanol–water partition coefficient (Wildman–Crippen LogP) is -4.33. The molecule has 0 aliphatic carbocycles. The van der Waals surface area contributed by atoms with Gasteiger partial charge in [0.2, 0.25) is 0 Å². The molecule has 0 aliphatic heterocycles. The van der Waals surface area contributed by atoms with Crippen molar-refractivity contribution in [2.24, 2.45) is 0 Å². The number of Topliss-reactive ketones (excluding diaryl/α,β-unsaturated/α-hetero) is 1. The van der Waals surface area contributed by atoms with E-state index in [0.717, 1.165) is 11.0 Å². The molecule has 0 amide bonds. The predicted molar refractivity (Wildman–Crippen MR) is 73.2 cm³/mol. The van der Waals surface area contributed by atoms with Crippen LogP contribution >= 0.6 is 0 Å².